The van der Waals surface area contributed by atoms with Crippen molar-refractivity contribution in [3.8, 4) is 17.0 Å². The Morgan fingerprint density at radius 2 is 1.81 bits per heavy atom. The Morgan fingerprint density at radius 3 is 2.49 bits per heavy atom. The quantitative estimate of drug-likeness (QED) is 0.305. The maximum Gasteiger partial charge on any atom is 0.342 e. The normalized spacial score (nSPS) is 13.1. The zero-order valence-electron chi connectivity index (χ0n) is 20.4. The van der Waals surface area contributed by atoms with Gasteiger partial charge >= 0.3 is 6.03 Å². The molecule has 0 radical (unpaired) electrons. The fourth-order valence-electron chi connectivity index (χ4n) is 4.31. The van der Waals surface area contributed by atoms with Crippen molar-refractivity contribution in [1.82, 2.24) is 15.1 Å². The Hall–Kier alpha value is -4.46. The molecule has 1 aromatic heterocycles. The second-order valence-electron chi connectivity index (χ2n) is 9.30. The number of aromatic hydroxyl groups is 1. The van der Waals surface area contributed by atoms with Crippen LogP contribution in [-0.4, -0.2) is 26.8 Å². The van der Waals surface area contributed by atoms with Gasteiger partial charge in [-0.3, -0.25) is 4.79 Å². The number of nitrogens with one attached hydrogen (secondary N) is 2. The van der Waals surface area contributed by atoms with E-state index in [1.807, 2.05) is 25.1 Å². The number of amides is 2. The number of phenolic OH excluding ortho intramolecular Hbond substituents is 1. The van der Waals surface area contributed by atoms with Gasteiger partial charge in [-0.05, 0) is 56.2 Å². The molecule has 7 nitrogen and oxygen atoms in total. The molecule has 1 saturated carbocycles. The number of rotatable bonds is 6. The zero-order valence-corrected chi connectivity index (χ0v) is 20.4. The molecule has 1 aliphatic rings. The van der Waals surface area contributed by atoms with Crippen LogP contribution in [0.25, 0.3) is 11.3 Å². The first-order valence-corrected chi connectivity index (χ1v) is 12.2. The summed E-state index contributed by atoms with van der Waals surface area (Å²) in [7, 11) is 0. The topological polar surface area (TPSA) is 96.3 Å². The lowest BCUT2D eigenvalue weighted by atomic mass is 9.82. The minimum absolute atomic E-state index is 0.0332. The first-order valence-electron chi connectivity index (χ1n) is 12.2. The zero-order chi connectivity index (χ0) is 25.9. The molecule has 1 fully saturated rings. The van der Waals surface area contributed by atoms with E-state index in [1.54, 1.807) is 42.5 Å². The third-order valence-corrected chi connectivity index (χ3v) is 6.69. The van der Waals surface area contributed by atoms with Crippen LogP contribution in [0, 0.1) is 12.7 Å². The SMILES string of the molecule is Cc1ccc(C(=O)Nc2ccc(-c3cc(C4CCC4)n(C(=O)NCc4ccccc4F)n3)c(O)c2)cc1. The Bertz CT molecular complexity index is 1460. The average Bonchev–Trinajstić information content (AvgIpc) is 3.27. The molecule has 37 heavy (non-hydrogen) atoms. The van der Waals surface area contributed by atoms with Crippen molar-refractivity contribution < 1.29 is 19.1 Å². The summed E-state index contributed by atoms with van der Waals surface area (Å²) in [5.74, 6) is -0.549. The number of carbonyl (C=O) groups is 2. The minimum atomic E-state index is -0.460. The van der Waals surface area contributed by atoms with Gasteiger partial charge in [-0.25, -0.2) is 9.18 Å². The second-order valence-corrected chi connectivity index (χ2v) is 9.30. The van der Waals surface area contributed by atoms with Crippen molar-refractivity contribution in [3.05, 3.63) is 101 Å². The van der Waals surface area contributed by atoms with Crippen LogP contribution in [0.15, 0.2) is 72.8 Å². The van der Waals surface area contributed by atoms with Crippen molar-refractivity contribution in [2.24, 2.45) is 0 Å². The highest BCUT2D eigenvalue weighted by atomic mass is 19.1. The van der Waals surface area contributed by atoms with E-state index in [1.165, 1.54) is 16.8 Å². The van der Waals surface area contributed by atoms with Crippen molar-refractivity contribution in [1.29, 1.82) is 0 Å². The lowest BCUT2D eigenvalue weighted by Crippen LogP contribution is -2.31. The van der Waals surface area contributed by atoms with Crippen molar-refractivity contribution in [2.75, 3.05) is 5.32 Å². The van der Waals surface area contributed by atoms with Crippen LogP contribution in [-0.2, 0) is 6.54 Å². The van der Waals surface area contributed by atoms with Gasteiger partial charge in [-0.15, -0.1) is 0 Å². The number of nitrogens with zero attached hydrogens (tertiary/aromatic N) is 2. The number of hydrogen-bond acceptors (Lipinski definition) is 4. The number of hydrogen-bond donors (Lipinski definition) is 3. The molecule has 2 amide bonds. The van der Waals surface area contributed by atoms with Crippen molar-refractivity contribution in [2.45, 2.75) is 38.6 Å². The molecule has 0 atom stereocenters. The number of carbonyl (C=O) groups excluding carboxylic acids is 2. The smallest absolute Gasteiger partial charge is 0.342 e. The molecule has 0 bridgehead atoms. The second kappa shape index (κ2) is 10.3. The Morgan fingerprint density at radius 1 is 1.05 bits per heavy atom. The molecular weight excluding hydrogens is 471 g/mol. The highest BCUT2D eigenvalue weighted by Crippen LogP contribution is 2.39. The predicted molar refractivity (Wildman–Crippen MR) is 139 cm³/mol. The van der Waals surface area contributed by atoms with Gasteiger partial charge in [-0.2, -0.15) is 9.78 Å². The summed E-state index contributed by atoms with van der Waals surface area (Å²) in [5.41, 5.74) is 4.02. The molecule has 1 heterocycles. The molecule has 0 unspecified atom stereocenters. The van der Waals surface area contributed by atoms with E-state index in [9.17, 15) is 19.1 Å². The highest BCUT2D eigenvalue weighted by Gasteiger charge is 2.27. The van der Waals surface area contributed by atoms with Crippen LogP contribution < -0.4 is 10.6 Å². The molecular formula is C29H27FN4O3. The summed E-state index contributed by atoms with van der Waals surface area (Å²) in [6.45, 7) is 1.98. The van der Waals surface area contributed by atoms with Gasteiger partial charge in [0.1, 0.15) is 11.6 Å². The van der Waals surface area contributed by atoms with Crippen LogP contribution in [0.1, 0.15) is 52.4 Å². The summed E-state index contributed by atoms with van der Waals surface area (Å²) in [6, 6.07) is 19.6. The first-order chi connectivity index (χ1) is 17.9. The maximum atomic E-state index is 14.0. The van der Waals surface area contributed by atoms with Crippen molar-refractivity contribution in [3.63, 3.8) is 0 Å². The molecule has 4 aromatic rings. The van der Waals surface area contributed by atoms with Crippen LogP contribution in [0.4, 0.5) is 14.9 Å². The molecule has 0 saturated heterocycles. The van der Waals surface area contributed by atoms with Crippen LogP contribution in [0.2, 0.25) is 0 Å². The minimum Gasteiger partial charge on any atom is -0.507 e. The van der Waals surface area contributed by atoms with Gasteiger partial charge < -0.3 is 15.7 Å². The molecule has 0 aliphatic heterocycles. The third kappa shape index (κ3) is 5.23. The number of halogens is 1. The van der Waals surface area contributed by atoms with Crippen LogP contribution in [0.5, 0.6) is 5.75 Å². The van der Waals surface area contributed by atoms with Gasteiger partial charge in [0.05, 0.1) is 11.4 Å². The van der Waals surface area contributed by atoms with Gasteiger partial charge in [0.2, 0.25) is 0 Å². The summed E-state index contributed by atoms with van der Waals surface area (Å²) < 4.78 is 15.3. The van der Waals surface area contributed by atoms with Crippen LogP contribution in [0.3, 0.4) is 0 Å². The number of aromatic nitrogens is 2. The summed E-state index contributed by atoms with van der Waals surface area (Å²) >= 11 is 0. The lowest BCUT2D eigenvalue weighted by Gasteiger charge is -2.25. The van der Waals surface area contributed by atoms with Gasteiger partial charge in [0.25, 0.3) is 5.91 Å². The maximum absolute atomic E-state index is 14.0. The number of anilines is 1. The molecule has 8 heteroatoms. The van der Waals surface area contributed by atoms with E-state index < -0.39 is 6.03 Å². The molecule has 188 valence electrons. The molecule has 3 N–H and O–H groups in total. The van der Waals surface area contributed by atoms with E-state index in [0.29, 0.717) is 28.1 Å². The van der Waals surface area contributed by atoms with E-state index >= 15 is 0 Å². The fraction of sp³-hybridized carbons (Fsp3) is 0.207. The predicted octanol–water partition coefficient (Wildman–Crippen LogP) is 5.98. The Balaban J connectivity index is 1.36. The number of phenols is 1. The van der Waals surface area contributed by atoms with E-state index in [2.05, 4.69) is 15.7 Å². The molecule has 0 spiro atoms. The van der Waals surface area contributed by atoms with Crippen LogP contribution >= 0.6 is 0 Å². The molecule has 1 aliphatic carbocycles. The fourth-order valence-corrected chi connectivity index (χ4v) is 4.31. The number of aryl methyl sites for hydroxylation is 1. The van der Waals surface area contributed by atoms with Gasteiger partial charge in [-0.1, -0.05) is 42.3 Å². The lowest BCUT2D eigenvalue weighted by molar-refractivity contribution is 0.102. The largest absolute Gasteiger partial charge is 0.507 e. The van der Waals surface area contributed by atoms with Gasteiger partial charge in [0.15, 0.2) is 0 Å². The highest BCUT2D eigenvalue weighted by molar-refractivity contribution is 6.04. The van der Waals surface area contributed by atoms with E-state index in [4.69, 9.17) is 0 Å². The summed E-state index contributed by atoms with van der Waals surface area (Å²) in [5, 5.41) is 20.8. The Labute approximate surface area is 214 Å². The average molecular weight is 499 g/mol. The summed E-state index contributed by atoms with van der Waals surface area (Å²) in [4.78, 5) is 25.5. The molecule has 3 aromatic carbocycles. The molecule has 5 rings (SSSR count). The van der Waals surface area contributed by atoms with Gasteiger partial charge in [0, 0.05) is 40.9 Å². The summed E-state index contributed by atoms with van der Waals surface area (Å²) in [6.07, 6.45) is 2.96. The number of benzene rings is 3. The Kier molecular flexibility index (Phi) is 6.72. The standard InChI is InChI=1S/C29H27FN4O3/c1-18-9-11-20(12-10-18)28(36)32-22-13-14-23(27(35)15-22)25-16-26(19-6-4-7-19)34(33-25)29(37)31-17-21-5-2-3-8-24(21)30/h2-3,5,8-16,19,35H,4,6-7,17H2,1H3,(H,31,37)(H,32,36). The first kappa shape index (κ1) is 24.2. The van der Waals surface area contributed by atoms with E-state index in [-0.39, 0.29) is 29.9 Å². The third-order valence-electron chi connectivity index (χ3n) is 6.69. The van der Waals surface area contributed by atoms with E-state index in [0.717, 1.165) is 30.5 Å². The monoisotopic (exact) mass is 498 g/mol. The van der Waals surface area contributed by atoms with Crippen molar-refractivity contribution >= 4 is 17.6 Å².